The maximum atomic E-state index is 13.1. The standard InChI is InChI=1S/C32H30ClN7O3/c1-42-25-10-5-19(6-11-25)18-43-32-38-30(34-15-24-17-40-16-22(20-7-8-20)9-12-28(40)35-24)37-31(39-32)36-29(41)27-14-26(27)21-3-2-4-23(33)13-21/h2-6,9-13,16-17,20,26-27H,7-8,14-15,18H2,1H3,(H2,34,36,37,38,39,41)/t26-,27+/m1/s1. The van der Waals surface area contributed by atoms with E-state index < -0.39 is 0 Å². The van der Waals surface area contributed by atoms with Gasteiger partial charge in [-0.25, -0.2) is 4.98 Å². The average molecular weight is 596 g/mol. The summed E-state index contributed by atoms with van der Waals surface area (Å²) in [6.45, 7) is 0.616. The van der Waals surface area contributed by atoms with Gasteiger partial charge in [-0.05, 0) is 78.1 Å². The number of pyridine rings is 1. The quantitative estimate of drug-likeness (QED) is 0.191. The van der Waals surface area contributed by atoms with Crippen LogP contribution in [0.5, 0.6) is 11.8 Å². The lowest BCUT2D eigenvalue weighted by molar-refractivity contribution is -0.117. The second-order valence-electron chi connectivity index (χ2n) is 11.0. The van der Waals surface area contributed by atoms with E-state index in [1.54, 1.807) is 7.11 Å². The topological polar surface area (TPSA) is 116 Å². The summed E-state index contributed by atoms with van der Waals surface area (Å²) in [6.07, 6.45) is 7.39. The highest BCUT2D eigenvalue weighted by atomic mass is 35.5. The third-order valence-electron chi connectivity index (χ3n) is 7.78. The Morgan fingerprint density at radius 3 is 2.60 bits per heavy atom. The summed E-state index contributed by atoms with van der Waals surface area (Å²) in [5.41, 5.74) is 5.02. The van der Waals surface area contributed by atoms with Gasteiger partial charge in [0.05, 0.1) is 19.3 Å². The van der Waals surface area contributed by atoms with Crippen molar-refractivity contribution in [3.63, 3.8) is 0 Å². The molecule has 0 aliphatic heterocycles. The van der Waals surface area contributed by atoms with Crippen molar-refractivity contribution in [3.05, 3.63) is 100 Å². The molecule has 10 nitrogen and oxygen atoms in total. The lowest BCUT2D eigenvalue weighted by Crippen LogP contribution is -2.18. The second-order valence-corrected chi connectivity index (χ2v) is 11.4. The van der Waals surface area contributed by atoms with E-state index in [4.69, 9.17) is 26.1 Å². The Morgan fingerprint density at radius 2 is 1.81 bits per heavy atom. The molecule has 218 valence electrons. The fourth-order valence-corrected chi connectivity index (χ4v) is 5.39. The van der Waals surface area contributed by atoms with Crippen LogP contribution in [0, 0.1) is 5.92 Å². The van der Waals surface area contributed by atoms with Crippen molar-refractivity contribution in [2.24, 2.45) is 5.92 Å². The molecule has 2 aliphatic rings. The minimum Gasteiger partial charge on any atom is -0.497 e. The Hall–Kier alpha value is -4.70. The zero-order valence-corrected chi connectivity index (χ0v) is 24.3. The number of rotatable bonds is 11. The fourth-order valence-electron chi connectivity index (χ4n) is 5.19. The van der Waals surface area contributed by atoms with E-state index in [1.165, 1.54) is 18.4 Å². The predicted molar refractivity (Wildman–Crippen MR) is 163 cm³/mol. The maximum absolute atomic E-state index is 13.1. The van der Waals surface area contributed by atoms with E-state index in [0.717, 1.165) is 34.6 Å². The molecule has 0 saturated heterocycles. The summed E-state index contributed by atoms with van der Waals surface area (Å²) in [5.74, 6) is 1.58. The van der Waals surface area contributed by atoms with E-state index in [-0.39, 0.29) is 42.3 Å². The number of hydrogen-bond acceptors (Lipinski definition) is 8. The van der Waals surface area contributed by atoms with Gasteiger partial charge < -0.3 is 19.2 Å². The Labute approximate surface area is 253 Å². The third kappa shape index (κ3) is 6.39. The largest absolute Gasteiger partial charge is 0.497 e. The van der Waals surface area contributed by atoms with E-state index in [2.05, 4.69) is 42.2 Å². The van der Waals surface area contributed by atoms with Crippen LogP contribution in [0.15, 0.2) is 73.1 Å². The maximum Gasteiger partial charge on any atom is 0.323 e. The summed E-state index contributed by atoms with van der Waals surface area (Å²) in [4.78, 5) is 31.2. The van der Waals surface area contributed by atoms with Crippen LogP contribution in [0.1, 0.15) is 53.5 Å². The number of nitrogens with zero attached hydrogens (tertiary/aromatic N) is 5. The predicted octanol–water partition coefficient (Wildman–Crippen LogP) is 5.99. The molecule has 3 heterocycles. The van der Waals surface area contributed by atoms with Crippen molar-refractivity contribution in [2.45, 2.75) is 44.2 Å². The van der Waals surface area contributed by atoms with Crippen LogP contribution < -0.4 is 20.1 Å². The Morgan fingerprint density at radius 1 is 0.977 bits per heavy atom. The summed E-state index contributed by atoms with van der Waals surface area (Å²) in [5, 5.41) is 6.75. The molecule has 43 heavy (non-hydrogen) atoms. The van der Waals surface area contributed by atoms with Crippen molar-refractivity contribution in [1.82, 2.24) is 24.3 Å². The molecule has 2 atom stereocenters. The van der Waals surface area contributed by atoms with Crippen molar-refractivity contribution in [2.75, 3.05) is 17.7 Å². The van der Waals surface area contributed by atoms with Crippen LogP contribution in [0.25, 0.3) is 5.65 Å². The molecule has 2 saturated carbocycles. The molecule has 2 aliphatic carbocycles. The number of hydrogen-bond donors (Lipinski definition) is 2. The zero-order valence-electron chi connectivity index (χ0n) is 23.5. The number of benzene rings is 2. The van der Waals surface area contributed by atoms with E-state index >= 15 is 0 Å². The van der Waals surface area contributed by atoms with Gasteiger partial charge in [-0.3, -0.25) is 10.1 Å². The number of carbonyl (C=O) groups excluding carboxylic acids is 1. The summed E-state index contributed by atoms with van der Waals surface area (Å²) in [6, 6.07) is 19.4. The van der Waals surface area contributed by atoms with Crippen molar-refractivity contribution in [3.8, 4) is 11.8 Å². The second kappa shape index (κ2) is 11.5. The van der Waals surface area contributed by atoms with Gasteiger partial charge in [-0.2, -0.15) is 15.0 Å². The molecular weight excluding hydrogens is 566 g/mol. The Bertz CT molecular complexity index is 1790. The summed E-state index contributed by atoms with van der Waals surface area (Å²) < 4.78 is 13.2. The first-order chi connectivity index (χ1) is 21.0. The number of fused-ring (bicyclic) bond motifs is 1. The highest BCUT2D eigenvalue weighted by Gasteiger charge is 2.44. The van der Waals surface area contributed by atoms with Crippen molar-refractivity contribution >= 4 is 35.1 Å². The molecule has 0 radical (unpaired) electrons. The minimum atomic E-state index is -0.186. The highest BCUT2D eigenvalue weighted by molar-refractivity contribution is 6.30. The van der Waals surface area contributed by atoms with Gasteiger partial charge in [0.2, 0.25) is 17.8 Å². The van der Waals surface area contributed by atoms with Gasteiger partial charge in [0.1, 0.15) is 18.0 Å². The van der Waals surface area contributed by atoms with Gasteiger partial charge in [-0.15, -0.1) is 0 Å². The number of anilines is 2. The molecule has 0 spiro atoms. The average Bonchev–Trinajstić information content (AvgIpc) is 3.95. The van der Waals surface area contributed by atoms with Gasteiger partial charge in [0.25, 0.3) is 0 Å². The van der Waals surface area contributed by atoms with Gasteiger partial charge >= 0.3 is 6.01 Å². The molecular formula is C32H30ClN7O3. The molecule has 5 aromatic rings. The van der Waals surface area contributed by atoms with Crippen LogP contribution >= 0.6 is 11.6 Å². The minimum absolute atomic E-state index is 0.0925. The van der Waals surface area contributed by atoms with Crippen LogP contribution in [0.3, 0.4) is 0 Å². The normalized spacial score (nSPS) is 17.4. The Kier molecular flexibility index (Phi) is 7.28. The zero-order chi connectivity index (χ0) is 29.3. The highest BCUT2D eigenvalue weighted by Crippen LogP contribution is 2.48. The number of aromatic nitrogens is 5. The molecule has 2 N–H and O–H groups in total. The first-order valence-corrected chi connectivity index (χ1v) is 14.7. The van der Waals surface area contributed by atoms with Crippen LogP contribution in [0.2, 0.25) is 5.02 Å². The number of ether oxygens (including phenoxy) is 2. The number of carbonyl (C=O) groups is 1. The first-order valence-electron chi connectivity index (χ1n) is 14.3. The SMILES string of the molecule is COc1ccc(COc2nc(NCc3cn4cc(C5CC5)ccc4n3)nc(NC(=O)[C@H]3C[C@@H]3c3cccc(Cl)c3)n2)cc1. The summed E-state index contributed by atoms with van der Waals surface area (Å²) >= 11 is 6.16. The number of methoxy groups -OCH3 is 1. The molecule has 0 unspecified atom stereocenters. The molecule has 11 heteroatoms. The number of amides is 1. The number of nitrogens with one attached hydrogen (secondary N) is 2. The molecule has 3 aromatic heterocycles. The van der Waals surface area contributed by atoms with E-state index in [1.807, 2.05) is 60.8 Å². The van der Waals surface area contributed by atoms with Gasteiger partial charge in [0.15, 0.2) is 0 Å². The molecule has 2 aromatic carbocycles. The first kappa shape index (κ1) is 27.2. The molecule has 7 rings (SSSR count). The lowest BCUT2D eigenvalue weighted by atomic mass is 10.1. The third-order valence-corrected chi connectivity index (χ3v) is 8.02. The van der Waals surface area contributed by atoms with Gasteiger partial charge in [0, 0.05) is 23.3 Å². The fraction of sp³-hybridized carbons (Fsp3) is 0.281. The van der Waals surface area contributed by atoms with E-state index in [9.17, 15) is 4.79 Å². The molecule has 0 bridgehead atoms. The van der Waals surface area contributed by atoms with Crippen LogP contribution in [-0.4, -0.2) is 37.4 Å². The smallest absolute Gasteiger partial charge is 0.323 e. The van der Waals surface area contributed by atoms with E-state index in [0.29, 0.717) is 17.5 Å². The van der Waals surface area contributed by atoms with Crippen molar-refractivity contribution in [1.29, 1.82) is 0 Å². The van der Waals surface area contributed by atoms with Crippen molar-refractivity contribution < 1.29 is 14.3 Å². The van der Waals surface area contributed by atoms with Crippen LogP contribution in [-0.2, 0) is 17.9 Å². The number of halogens is 1. The number of imidazole rings is 1. The summed E-state index contributed by atoms with van der Waals surface area (Å²) in [7, 11) is 1.62. The Balaban J connectivity index is 1.07. The molecule has 1 amide bonds. The monoisotopic (exact) mass is 595 g/mol. The molecule has 2 fully saturated rings. The lowest BCUT2D eigenvalue weighted by Gasteiger charge is -2.10. The van der Waals surface area contributed by atoms with Crippen LogP contribution in [0.4, 0.5) is 11.9 Å². The van der Waals surface area contributed by atoms with Gasteiger partial charge in [-0.1, -0.05) is 41.9 Å².